The van der Waals surface area contributed by atoms with E-state index in [0.717, 1.165) is 12.0 Å². The van der Waals surface area contributed by atoms with E-state index in [4.69, 9.17) is 23.2 Å². The van der Waals surface area contributed by atoms with Crippen LogP contribution in [0.4, 0.5) is 5.69 Å². The first-order valence-electron chi connectivity index (χ1n) is 8.05. The van der Waals surface area contributed by atoms with E-state index in [1.54, 1.807) is 0 Å². The monoisotopic (exact) mass is 343 g/mol. The number of aryl methyl sites for hydroxylation is 1. The predicted molar refractivity (Wildman–Crippen MR) is 98.7 cm³/mol. The van der Waals surface area contributed by atoms with Crippen LogP contribution >= 0.6 is 23.2 Å². The van der Waals surface area contributed by atoms with Gasteiger partial charge in [0.2, 0.25) is 0 Å². The molecule has 0 amide bonds. The van der Waals surface area contributed by atoms with Crippen molar-refractivity contribution in [1.82, 2.24) is 0 Å². The van der Waals surface area contributed by atoms with Crippen molar-refractivity contribution >= 4 is 28.9 Å². The second-order valence-corrected chi connectivity index (χ2v) is 7.38. The average molecular weight is 344 g/mol. The van der Waals surface area contributed by atoms with Crippen LogP contribution < -0.4 is 5.32 Å². The maximum Gasteiger partial charge on any atom is 0.0645 e. The summed E-state index contributed by atoms with van der Waals surface area (Å²) in [4.78, 5) is 0. The molecule has 2 aromatic rings. The molecule has 3 atom stereocenters. The normalized spacial score (nSPS) is 25.0. The van der Waals surface area contributed by atoms with E-state index in [2.05, 4.69) is 49.5 Å². The summed E-state index contributed by atoms with van der Waals surface area (Å²) in [5, 5.41) is 5.08. The third-order valence-corrected chi connectivity index (χ3v) is 6.22. The van der Waals surface area contributed by atoms with Crippen molar-refractivity contribution in [3.63, 3.8) is 0 Å². The van der Waals surface area contributed by atoms with Gasteiger partial charge >= 0.3 is 0 Å². The highest BCUT2D eigenvalue weighted by Gasteiger charge is 2.39. The molecule has 1 nitrogen and oxygen atoms in total. The number of benzene rings is 2. The van der Waals surface area contributed by atoms with E-state index in [1.807, 2.05) is 12.1 Å². The maximum atomic E-state index is 6.52. The molecule has 1 N–H and O–H groups in total. The molecule has 0 saturated carbocycles. The third-order valence-electron chi connectivity index (χ3n) is 5.38. The number of hydrogen-bond donors (Lipinski definition) is 1. The minimum absolute atomic E-state index is 0.189. The van der Waals surface area contributed by atoms with Gasteiger partial charge in [0, 0.05) is 11.6 Å². The lowest BCUT2D eigenvalue weighted by molar-refractivity contribution is 0.425. The van der Waals surface area contributed by atoms with Crippen LogP contribution in [0.2, 0.25) is 10.0 Å². The van der Waals surface area contributed by atoms with E-state index in [-0.39, 0.29) is 6.04 Å². The van der Waals surface area contributed by atoms with E-state index >= 15 is 0 Å². The molecule has 4 rings (SSSR count). The van der Waals surface area contributed by atoms with Gasteiger partial charge in [-0.05, 0) is 54.5 Å². The van der Waals surface area contributed by atoms with Crippen LogP contribution in [0.25, 0.3) is 0 Å². The van der Waals surface area contributed by atoms with Gasteiger partial charge in [-0.25, -0.2) is 0 Å². The molecule has 0 aromatic heterocycles. The topological polar surface area (TPSA) is 12.0 Å². The fourth-order valence-corrected chi connectivity index (χ4v) is 4.41. The van der Waals surface area contributed by atoms with Crippen molar-refractivity contribution in [2.24, 2.45) is 5.92 Å². The van der Waals surface area contributed by atoms with Gasteiger partial charge in [-0.3, -0.25) is 0 Å². The standard InChI is InChI=1S/C20H19Cl2N/c1-11-9-10-15-13-5-3-6-14(13)20(23-19(15)12(11)2)16-7-4-8-17(21)18(16)22/h3-5,7-10,13-14,20,23H,6H2,1-2H3/t13-,14-,20-/m0/s1. The molecule has 2 aromatic carbocycles. The maximum absolute atomic E-state index is 6.52. The SMILES string of the molecule is Cc1ccc2c(c1C)N[C@H](c1cccc(Cl)c1Cl)[C@H]1CC=C[C@H]21. The molecule has 0 saturated heterocycles. The number of anilines is 1. The number of allylic oxidation sites excluding steroid dienone is 2. The van der Waals surface area contributed by atoms with Crippen molar-refractivity contribution in [2.45, 2.75) is 32.2 Å². The number of hydrogen-bond acceptors (Lipinski definition) is 1. The van der Waals surface area contributed by atoms with Crippen LogP contribution in [0.5, 0.6) is 0 Å². The highest BCUT2D eigenvalue weighted by Crippen LogP contribution is 2.52. The number of nitrogens with one attached hydrogen (secondary N) is 1. The Morgan fingerprint density at radius 3 is 2.70 bits per heavy atom. The van der Waals surface area contributed by atoms with Crippen LogP contribution in [-0.4, -0.2) is 0 Å². The first-order valence-corrected chi connectivity index (χ1v) is 8.80. The zero-order valence-electron chi connectivity index (χ0n) is 13.2. The second kappa shape index (κ2) is 5.58. The molecule has 2 aliphatic rings. The zero-order valence-corrected chi connectivity index (χ0v) is 14.7. The van der Waals surface area contributed by atoms with Crippen LogP contribution in [0.15, 0.2) is 42.5 Å². The van der Waals surface area contributed by atoms with Gasteiger partial charge in [0.15, 0.2) is 0 Å². The lowest BCUT2D eigenvalue weighted by atomic mass is 9.76. The summed E-state index contributed by atoms with van der Waals surface area (Å²) in [7, 11) is 0. The summed E-state index contributed by atoms with van der Waals surface area (Å²) >= 11 is 12.8. The fraction of sp³-hybridized carbons (Fsp3) is 0.300. The zero-order chi connectivity index (χ0) is 16.1. The fourth-order valence-electron chi connectivity index (χ4n) is 3.99. The third kappa shape index (κ3) is 2.29. The molecule has 3 heteroatoms. The summed E-state index contributed by atoms with van der Waals surface area (Å²) in [6.07, 6.45) is 5.72. The van der Waals surface area contributed by atoms with Gasteiger partial charge in [-0.2, -0.15) is 0 Å². The van der Waals surface area contributed by atoms with Crippen LogP contribution in [0.1, 0.15) is 40.6 Å². The first kappa shape index (κ1) is 15.1. The van der Waals surface area contributed by atoms with Gasteiger partial charge in [0.1, 0.15) is 0 Å². The summed E-state index contributed by atoms with van der Waals surface area (Å²) in [5.74, 6) is 0.936. The van der Waals surface area contributed by atoms with Gasteiger partial charge in [0.05, 0.1) is 16.1 Å². The Morgan fingerprint density at radius 2 is 1.87 bits per heavy atom. The Hall–Kier alpha value is -1.44. The van der Waals surface area contributed by atoms with E-state index in [9.17, 15) is 0 Å². The summed E-state index contributed by atoms with van der Waals surface area (Å²) in [5.41, 5.74) is 6.40. The van der Waals surface area contributed by atoms with Gasteiger partial charge in [0.25, 0.3) is 0 Å². The number of rotatable bonds is 1. The van der Waals surface area contributed by atoms with Crippen LogP contribution in [0.3, 0.4) is 0 Å². The summed E-state index contributed by atoms with van der Waals surface area (Å²) in [6, 6.07) is 10.6. The molecule has 0 radical (unpaired) electrons. The molecule has 0 bridgehead atoms. The molecular formula is C20H19Cl2N. The van der Waals surface area contributed by atoms with E-state index in [1.165, 1.54) is 22.4 Å². The van der Waals surface area contributed by atoms with Crippen molar-refractivity contribution in [1.29, 1.82) is 0 Å². The summed E-state index contributed by atoms with van der Waals surface area (Å²) < 4.78 is 0. The molecule has 0 unspecified atom stereocenters. The highest BCUT2D eigenvalue weighted by atomic mass is 35.5. The molecule has 1 heterocycles. The quantitative estimate of drug-likeness (QED) is 0.587. The van der Waals surface area contributed by atoms with E-state index < -0.39 is 0 Å². The molecule has 1 aliphatic heterocycles. The predicted octanol–water partition coefficient (Wildman–Crippen LogP) is 6.44. The summed E-state index contributed by atoms with van der Waals surface area (Å²) in [6.45, 7) is 4.35. The second-order valence-electron chi connectivity index (χ2n) is 6.59. The van der Waals surface area contributed by atoms with Crippen LogP contribution in [-0.2, 0) is 0 Å². The minimum atomic E-state index is 0.189. The Kier molecular flexibility index (Phi) is 3.66. The van der Waals surface area contributed by atoms with Gasteiger partial charge in [-0.15, -0.1) is 0 Å². The largest absolute Gasteiger partial charge is 0.377 e. The number of fused-ring (bicyclic) bond motifs is 3. The minimum Gasteiger partial charge on any atom is -0.377 e. The first-order chi connectivity index (χ1) is 11.1. The average Bonchev–Trinajstić information content (AvgIpc) is 3.03. The number of halogens is 2. The van der Waals surface area contributed by atoms with Crippen molar-refractivity contribution in [2.75, 3.05) is 5.32 Å². The van der Waals surface area contributed by atoms with Crippen LogP contribution in [0, 0.1) is 19.8 Å². The Morgan fingerprint density at radius 1 is 1.04 bits per heavy atom. The smallest absolute Gasteiger partial charge is 0.0645 e. The molecule has 1 aliphatic carbocycles. The molecule has 118 valence electrons. The molecular weight excluding hydrogens is 325 g/mol. The molecule has 23 heavy (non-hydrogen) atoms. The van der Waals surface area contributed by atoms with Crippen molar-refractivity contribution < 1.29 is 0 Å². The Labute approximate surface area is 147 Å². The Bertz CT molecular complexity index is 810. The van der Waals surface area contributed by atoms with Crippen molar-refractivity contribution in [3.05, 3.63) is 74.8 Å². The lowest BCUT2D eigenvalue weighted by Crippen LogP contribution is -2.30. The highest BCUT2D eigenvalue weighted by molar-refractivity contribution is 6.42. The lowest BCUT2D eigenvalue weighted by Gasteiger charge is -2.39. The molecule has 0 fully saturated rings. The Balaban J connectivity index is 1.87. The van der Waals surface area contributed by atoms with Crippen molar-refractivity contribution in [3.8, 4) is 0 Å². The van der Waals surface area contributed by atoms with E-state index in [0.29, 0.717) is 21.9 Å². The van der Waals surface area contributed by atoms with Gasteiger partial charge in [-0.1, -0.05) is 59.6 Å². The van der Waals surface area contributed by atoms with Gasteiger partial charge < -0.3 is 5.32 Å². The molecule has 0 spiro atoms.